The molecule has 1 saturated heterocycles. The molecule has 0 spiro atoms. The second kappa shape index (κ2) is 6.02. The average molecular weight is 312 g/mol. The van der Waals surface area contributed by atoms with Crippen LogP contribution in [-0.4, -0.2) is 35.1 Å². The van der Waals surface area contributed by atoms with Crippen LogP contribution in [0.25, 0.3) is 0 Å². The highest BCUT2D eigenvalue weighted by Gasteiger charge is 2.20. The van der Waals surface area contributed by atoms with Gasteiger partial charge in [0.05, 0.1) is 11.4 Å². The molecule has 1 aliphatic heterocycles. The van der Waals surface area contributed by atoms with Crippen LogP contribution in [0, 0.1) is 6.92 Å². The Bertz CT molecular complexity index is 398. The number of halogens is 1. The molecule has 100 valence electrons. The van der Waals surface area contributed by atoms with Crippen LogP contribution in [0.3, 0.4) is 0 Å². The van der Waals surface area contributed by atoms with Gasteiger partial charge in [-0.15, -0.1) is 0 Å². The standard InChI is InChI=1S/C14H22BrN3/c1-10(2)18-8-6-12(7-9-18)17-13-4-5-14(15)16-11(13)3/h4-5,10,12,17H,6-9H2,1-3H3. The van der Waals surface area contributed by atoms with E-state index in [0.717, 1.165) is 10.3 Å². The molecule has 2 rings (SSSR count). The lowest BCUT2D eigenvalue weighted by atomic mass is 10.0. The predicted molar refractivity (Wildman–Crippen MR) is 80.0 cm³/mol. The monoisotopic (exact) mass is 311 g/mol. The van der Waals surface area contributed by atoms with E-state index >= 15 is 0 Å². The van der Waals surface area contributed by atoms with Crippen molar-refractivity contribution in [1.29, 1.82) is 0 Å². The summed E-state index contributed by atoms with van der Waals surface area (Å²) in [4.78, 5) is 6.97. The molecule has 4 heteroatoms. The number of aromatic nitrogens is 1. The Morgan fingerprint density at radius 3 is 2.56 bits per heavy atom. The molecule has 1 N–H and O–H groups in total. The van der Waals surface area contributed by atoms with E-state index in [4.69, 9.17) is 0 Å². The first-order valence-electron chi connectivity index (χ1n) is 6.70. The molecule has 1 fully saturated rings. The van der Waals surface area contributed by atoms with E-state index < -0.39 is 0 Å². The number of nitrogens with one attached hydrogen (secondary N) is 1. The van der Waals surface area contributed by atoms with Gasteiger partial charge in [0.2, 0.25) is 0 Å². The first kappa shape index (κ1) is 13.8. The number of hydrogen-bond acceptors (Lipinski definition) is 3. The zero-order valence-electron chi connectivity index (χ0n) is 11.4. The van der Waals surface area contributed by atoms with Gasteiger partial charge in [0.25, 0.3) is 0 Å². The summed E-state index contributed by atoms with van der Waals surface area (Å²) in [6.07, 6.45) is 2.43. The molecule has 0 aliphatic carbocycles. The van der Waals surface area contributed by atoms with Crippen molar-refractivity contribution in [2.75, 3.05) is 18.4 Å². The van der Waals surface area contributed by atoms with Gasteiger partial charge in [-0.2, -0.15) is 0 Å². The smallest absolute Gasteiger partial charge is 0.106 e. The van der Waals surface area contributed by atoms with Crippen LogP contribution in [0.1, 0.15) is 32.4 Å². The van der Waals surface area contributed by atoms with Gasteiger partial charge in [0.1, 0.15) is 4.60 Å². The van der Waals surface area contributed by atoms with Gasteiger partial charge in [0, 0.05) is 25.2 Å². The highest BCUT2D eigenvalue weighted by atomic mass is 79.9. The molecule has 0 bridgehead atoms. The summed E-state index contributed by atoms with van der Waals surface area (Å²) in [6.45, 7) is 8.99. The maximum Gasteiger partial charge on any atom is 0.106 e. The fourth-order valence-corrected chi connectivity index (χ4v) is 2.86. The number of anilines is 1. The number of aryl methyl sites for hydroxylation is 1. The number of hydrogen-bond donors (Lipinski definition) is 1. The lowest BCUT2D eigenvalue weighted by Gasteiger charge is -2.35. The second-order valence-corrected chi connectivity index (χ2v) is 6.13. The molecule has 0 radical (unpaired) electrons. The van der Waals surface area contributed by atoms with E-state index in [-0.39, 0.29) is 0 Å². The maximum atomic E-state index is 4.43. The van der Waals surface area contributed by atoms with Gasteiger partial charge in [-0.05, 0) is 61.7 Å². The quantitative estimate of drug-likeness (QED) is 0.867. The molecule has 1 aromatic rings. The van der Waals surface area contributed by atoms with Crippen LogP contribution in [-0.2, 0) is 0 Å². The normalized spacial score (nSPS) is 18.3. The van der Waals surface area contributed by atoms with E-state index in [0.29, 0.717) is 12.1 Å². The van der Waals surface area contributed by atoms with Gasteiger partial charge < -0.3 is 10.2 Å². The second-order valence-electron chi connectivity index (χ2n) is 5.32. The van der Waals surface area contributed by atoms with Gasteiger partial charge in [-0.1, -0.05) is 0 Å². The third-order valence-electron chi connectivity index (χ3n) is 3.67. The van der Waals surface area contributed by atoms with Crippen LogP contribution in [0.4, 0.5) is 5.69 Å². The first-order valence-corrected chi connectivity index (χ1v) is 7.49. The molecule has 18 heavy (non-hydrogen) atoms. The Balaban J connectivity index is 1.91. The van der Waals surface area contributed by atoms with Crippen molar-refractivity contribution < 1.29 is 0 Å². The summed E-state index contributed by atoms with van der Waals surface area (Å²) in [7, 11) is 0. The number of piperidine rings is 1. The summed E-state index contributed by atoms with van der Waals surface area (Å²) in [5.74, 6) is 0. The Hall–Kier alpha value is -0.610. The average Bonchev–Trinajstić information content (AvgIpc) is 2.33. The van der Waals surface area contributed by atoms with Crippen molar-refractivity contribution in [3.05, 3.63) is 22.4 Å². The molecule has 0 aromatic carbocycles. The number of pyridine rings is 1. The number of nitrogens with zero attached hydrogens (tertiary/aromatic N) is 2. The van der Waals surface area contributed by atoms with Crippen LogP contribution < -0.4 is 5.32 Å². The van der Waals surface area contributed by atoms with Gasteiger partial charge in [-0.3, -0.25) is 0 Å². The van der Waals surface area contributed by atoms with E-state index in [2.05, 4.69) is 58.0 Å². The Morgan fingerprint density at radius 2 is 2.00 bits per heavy atom. The number of likely N-dealkylation sites (tertiary alicyclic amines) is 1. The minimum atomic E-state index is 0.585. The lowest BCUT2D eigenvalue weighted by molar-refractivity contribution is 0.177. The summed E-state index contributed by atoms with van der Waals surface area (Å²) in [5, 5.41) is 3.63. The largest absolute Gasteiger partial charge is 0.381 e. The molecule has 3 nitrogen and oxygen atoms in total. The number of rotatable bonds is 3. The Kier molecular flexibility index (Phi) is 4.62. The minimum Gasteiger partial charge on any atom is -0.381 e. The highest BCUT2D eigenvalue weighted by Crippen LogP contribution is 2.21. The molecule has 0 unspecified atom stereocenters. The van der Waals surface area contributed by atoms with Gasteiger partial charge >= 0.3 is 0 Å². The van der Waals surface area contributed by atoms with Crippen LogP contribution in [0.2, 0.25) is 0 Å². The van der Waals surface area contributed by atoms with E-state index in [1.54, 1.807) is 0 Å². The summed E-state index contributed by atoms with van der Waals surface area (Å²) in [6, 6.07) is 5.36. The van der Waals surface area contributed by atoms with Crippen LogP contribution >= 0.6 is 15.9 Å². The van der Waals surface area contributed by atoms with Crippen molar-refractivity contribution in [1.82, 2.24) is 9.88 Å². The molecule has 1 aromatic heterocycles. The molecule has 0 atom stereocenters. The zero-order chi connectivity index (χ0) is 13.1. The molecule has 0 amide bonds. The first-order chi connectivity index (χ1) is 8.56. The fraction of sp³-hybridized carbons (Fsp3) is 0.643. The zero-order valence-corrected chi connectivity index (χ0v) is 13.0. The third kappa shape index (κ3) is 3.45. The van der Waals surface area contributed by atoms with E-state index in [1.807, 2.05) is 6.07 Å². The van der Waals surface area contributed by atoms with Crippen molar-refractivity contribution in [2.24, 2.45) is 0 Å². The third-order valence-corrected chi connectivity index (χ3v) is 4.11. The Morgan fingerprint density at radius 1 is 1.33 bits per heavy atom. The Labute approximate surface area is 118 Å². The summed E-state index contributed by atoms with van der Waals surface area (Å²) >= 11 is 3.40. The van der Waals surface area contributed by atoms with E-state index in [1.165, 1.54) is 31.6 Å². The lowest BCUT2D eigenvalue weighted by Crippen LogP contribution is -2.42. The molecule has 2 heterocycles. The highest BCUT2D eigenvalue weighted by molar-refractivity contribution is 9.10. The van der Waals surface area contributed by atoms with Crippen molar-refractivity contribution in [3.8, 4) is 0 Å². The van der Waals surface area contributed by atoms with E-state index in [9.17, 15) is 0 Å². The van der Waals surface area contributed by atoms with Crippen molar-refractivity contribution in [3.63, 3.8) is 0 Å². The SMILES string of the molecule is Cc1nc(Br)ccc1NC1CCN(C(C)C)CC1. The summed E-state index contributed by atoms with van der Waals surface area (Å²) in [5.41, 5.74) is 2.23. The molecular formula is C14H22BrN3. The molecular weight excluding hydrogens is 290 g/mol. The maximum absolute atomic E-state index is 4.43. The predicted octanol–water partition coefficient (Wildman–Crippen LogP) is 3.44. The van der Waals surface area contributed by atoms with Gasteiger partial charge in [0.15, 0.2) is 0 Å². The van der Waals surface area contributed by atoms with Crippen molar-refractivity contribution in [2.45, 2.75) is 45.7 Å². The van der Waals surface area contributed by atoms with Crippen molar-refractivity contribution >= 4 is 21.6 Å². The molecule has 0 saturated carbocycles. The molecule has 1 aliphatic rings. The topological polar surface area (TPSA) is 28.2 Å². The van der Waals surface area contributed by atoms with Gasteiger partial charge in [-0.25, -0.2) is 4.98 Å². The fourth-order valence-electron chi connectivity index (χ4n) is 2.46. The summed E-state index contributed by atoms with van der Waals surface area (Å²) < 4.78 is 0.903. The minimum absolute atomic E-state index is 0.585. The van der Waals surface area contributed by atoms with Crippen LogP contribution in [0.15, 0.2) is 16.7 Å². The van der Waals surface area contributed by atoms with Crippen LogP contribution in [0.5, 0.6) is 0 Å².